The van der Waals surface area contributed by atoms with Crippen LogP contribution < -0.4 is 9.64 Å². The van der Waals surface area contributed by atoms with Crippen LogP contribution in [0.1, 0.15) is 12.5 Å². The third-order valence-electron chi connectivity index (χ3n) is 10.4. The minimum Gasteiger partial charge on any atom is -0.440 e. The first-order valence-electron chi connectivity index (χ1n) is 18.4. The van der Waals surface area contributed by atoms with E-state index in [1.165, 1.54) is 10.8 Å². The van der Waals surface area contributed by atoms with Crippen LogP contribution in [0.3, 0.4) is 0 Å². The van der Waals surface area contributed by atoms with E-state index in [4.69, 9.17) is 23.5 Å². The van der Waals surface area contributed by atoms with E-state index in [2.05, 4.69) is 101 Å². The first-order chi connectivity index (χ1) is 27.1. The van der Waals surface area contributed by atoms with Crippen LogP contribution in [0, 0.1) is 0 Å². The number of rotatable bonds is 6. The van der Waals surface area contributed by atoms with Crippen LogP contribution in [0.4, 0.5) is 17.1 Å². The maximum atomic E-state index is 6.71. The fraction of sp³-hybridized carbons (Fsp3) is 0.0417. The molecule has 3 aromatic heterocycles. The molecule has 1 aliphatic heterocycles. The molecule has 0 aliphatic carbocycles. The first kappa shape index (κ1) is 31.2. The van der Waals surface area contributed by atoms with Gasteiger partial charge in [0.05, 0.1) is 11.0 Å². The molecule has 0 spiro atoms. The number of fused-ring (bicyclic) bond motifs is 6. The van der Waals surface area contributed by atoms with Gasteiger partial charge in [-0.05, 0) is 103 Å². The molecule has 1 aliphatic rings. The van der Waals surface area contributed by atoms with Gasteiger partial charge in [0.25, 0.3) is 0 Å². The van der Waals surface area contributed by atoms with Crippen molar-refractivity contribution in [1.82, 2.24) is 14.5 Å². The maximum absolute atomic E-state index is 6.71. The first-order valence-corrected chi connectivity index (χ1v) is 18.4. The molecular weight excluding hydrogens is 681 g/mol. The lowest BCUT2D eigenvalue weighted by Gasteiger charge is -2.25. The van der Waals surface area contributed by atoms with Gasteiger partial charge < -0.3 is 18.5 Å². The molecule has 10 aromatic rings. The molecule has 0 bridgehead atoms. The average molecular weight is 713 g/mol. The molecular formula is C48H32N4O3. The number of aromatic nitrogens is 3. The molecule has 0 amide bonds. The van der Waals surface area contributed by atoms with Crippen molar-refractivity contribution in [3.8, 4) is 28.7 Å². The maximum Gasteiger partial charge on any atom is 0.227 e. The van der Waals surface area contributed by atoms with Crippen LogP contribution in [-0.2, 0) is 6.42 Å². The summed E-state index contributed by atoms with van der Waals surface area (Å²) in [6, 6.07) is 55.7. The molecule has 55 heavy (non-hydrogen) atoms. The predicted octanol–water partition coefficient (Wildman–Crippen LogP) is 12.7. The summed E-state index contributed by atoms with van der Waals surface area (Å²) in [5.74, 6) is 2.85. The van der Waals surface area contributed by atoms with Crippen molar-refractivity contribution < 1.29 is 13.6 Å². The number of nitrogens with zero attached hydrogens (tertiary/aromatic N) is 4. The van der Waals surface area contributed by atoms with Crippen molar-refractivity contribution in [2.75, 3.05) is 4.90 Å². The second-order valence-corrected chi connectivity index (χ2v) is 13.9. The van der Waals surface area contributed by atoms with Crippen molar-refractivity contribution in [1.29, 1.82) is 0 Å². The molecule has 0 fully saturated rings. The standard InChI is InChI=1S/C48H32N4O3/c1-30-26-33-27-32(20-24-43(33)55-48(30)52-41-18-10-8-16-37(41)38-17-9-11-19-42(38)52)47-50-40-28-35(22-25-44(40)53-47)51(34-14-6-3-7-15-34)36-21-23-39-45(29-36)54-46(49-39)31-12-4-2-5-13-31/h2-25,27-29H,26H2,1H3. The van der Waals surface area contributed by atoms with Gasteiger partial charge in [0.15, 0.2) is 11.2 Å². The van der Waals surface area contributed by atoms with Gasteiger partial charge in [-0.25, -0.2) is 9.97 Å². The molecule has 262 valence electrons. The molecule has 0 saturated carbocycles. The lowest BCUT2D eigenvalue weighted by atomic mass is 10.0. The SMILES string of the molecule is CC1=C(n2c3ccccc3c3ccccc32)Oc2ccc(-c3nc4cc(N(c5ccccc5)c5ccc6nc(-c7ccccc7)oc6c5)ccc4o3)cc2C1. The summed E-state index contributed by atoms with van der Waals surface area (Å²) >= 11 is 0. The van der Waals surface area contributed by atoms with E-state index in [9.17, 15) is 0 Å². The van der Waals surface area contributed by atoms with Crippen molar-refractivity contribution in [2.45, 2.75) is 13.3 Å². The van der Waals surface area contributed by atoms with Gasteiger partial charge in [0.2, 0.25) is 17.7 Å². The Labute approximate surface area is 316 Å². The third kappa shape index (κ3) is 5.20. The summed E-state index contributed by atoms with van der Waals surface area (Å²) in [5, 5.41) is 2.42. The van der Waals surface area contributed by atoms with Crippen LogP contribution in [0.15, 0.2) is 178 Å². The quantitative estimate of drug-likeness (QED) is 0.171. The van der Waals surface area contributed by atoms with Gasteiger partial charge in [-0.3, -0.25) is 4.57 Å². The highest BCUT2D eigenvalue weighted by Crippen LogP contribution is 2.41. The summed E-state index contributed by atoms with van der Waals surface area (Å²) in [4.78, 5) is 12.0. The number of hydrogen-bond donors (Lipinski definition) is 0. The second-order valence-electron chi connectivity index (χ2n) is 13.9. The van der Waals surface area contributed by atoms with E-state index in [1.807, 2.05) is 78.9 Å². The zero-order chi connectivity index (χ0) is 36.5. The van der Waals surface area contributed by atoms with Crippen LogP contribution in [-0.4, -0.2) is 14.5 Å². The average Bonchev–Trinajstić information content (AvgIpc) is 3.95. The van der Waals surface area contributed by atoms with Gasteiger partial charge in [-0.15, -0.1) is 0 Å². The van der Waals surface area contributed by atoms with E-state index in [0.29, 0.717) is 22.9 Å². The number of allylic oxidation sites excluding steroid dienone is 1. The Hall–Kier alpha value is -7.38. The van der Waals surface area contributed by atoms with Crippen molar-refractivity contribution >= 4 is 67.0 Å². The molecule has 7 aromatic carbocycles. The summed E-state index contributed by atoms with van der Waals surface area (Å²) in [7, 11) is 0. The molecule has 7 nitrogen and oxygen atoms in total. The lowest BCUT2D eigenvalue weighted by molar-refractivity contribution is 0.462. The molecule has 0 unspecified atom stereocenters. The van der Waals surface area contributed by atoms with E-state index in [0.717, 1.165) is 79.4 Å². The Morgan fingerprint density at radius 2 is 1.16 bits per heavy atom. The molecule has 0 N–H and O–H groups in total. The fourth-order valence-electron chi connectivity index (χ4n) is 7.84. The van der Waals surface area contributed by atoms with E-state index in [-0.39, 0.29) is 0 Å². The number of para-hydroxylation sites is 3. The Balaban J connectivity index is 0.936. The van der Waals surface area contributed by atoms with Gasteiger partial charge in [-0.1, -0.05) is 72.8 Å². The van der Waals surface area contributed by atoms with E-state index >= 15 is 0 Å². The number of anilines is 3. The van der Waals surface area contributed by atoms with Gasteiger partial charge in [0, 0.05) is 51.4 Å². The molecule has 7 heteroatoms. The summed E-state index contributed by atoms with van der Waals surface area (Å²) in [6.07, 6.45) is 0.748. The minimum absolute atomic E-state index is 0.563. The largest absolute Gasteiger partial charge is 0.440 e. The minimum atomic E-state index is 0.563. The lowest BCUT2D eigenvalue weighted by Crippen LogP contribution is -2.13. The van der Waals surface area contributed by atoms with Crippen molar-refractivity contribution in [3.05, 3.63) is 175 Å². The molecule has 0 radical (unpaired) electrons. The van der Waals surface area contributed by atoms with Crippen LogP contribution in [0.2, 0.25) is 0 Å². The van der Waals surface area contributed by atoms with Gasteiger partial charge in [-0.2, -0.15) is 0 Å². The topological polar surface area (TPSA) is 69.5 Å². The van der Waals surface area contributed by atoms with Crippen LogP contribution in [0.25, 0.3) is 72.8 Å². The third-order valence-corrected chi connectivity index (χ3v) is 10.4. The van der Waals surface area contributed by atoms with Gasteiger partial charge >= 0.3 is 0 Å². The molecule has 4 heterocycles. The normalized spacial score (nSPS) is 12.8. The highest BCUT2D eigenvalue weighted by molar-refractivity contribution is 6.10. The Morgan fingerprint density at radius 1 is 0.527 bits per heavy atom. The van der Waals surface area contributed by atoms with Crippen LogP contribution >= 0.6 is 0 Å². The Morgan fingerprint density at radius 3 is 1.95 bits per heavy atom. The number of oxazole rings is 2. The number of hydrogen-bond acceptors (Lipinski definition) is 6. The second kappa shape index (κ2) is 12.4. The molecule has 0 atom stereocenters. The fourth-order valence-corrected chi connectivity index (χ4v) is 7.84. The number of ether oxygens (including phenoxy) is 1. The summed E-state index contributed by atoms with van der Waals surface area (Å²) in [6.45, 7) is 2.15. The van der Waals surface area contributed by atoms with Crippen LogP contribution in [0.5, 0.6) is 5.75 Å². The zero-order valence-electron chi connectivity index (χ0n) is 29.8. The molecule has 11 rings (SSSR count). The van der Waals surface area contributed by atoms with E-state index in [1.54, 1.807) is 0 Å². The zero-order valence-corrected chi connectivity index (χ0v) is 29.8. The Kier molecular flexibility index (Phi) is 7.00. The summed E-state index contributed by atoms with van der Waals surface area (Å²) < 4.78 is 21.6. The number of benzene rings is 7. The van der Waals surface area contributed by atoms with Crippen molar-refractivity contribution in [3.63, 3.8) is 0 Å². The highest BCUT2D eigenvalue weighted by atomic mass is 16.5. The summed E-state index contributed by atoms with van der Waals surface area (Å²) in [5.41, 5.74) is 12.2. The Bertz CT molecular complexity index is 3070. The monoisotopic (exact) mass is 712 g/mol. The smallest absolute Gasteiger partial charge is 0.227 e. The van der Waals surface area contributed by atoms with Gasteiger partial charge in [0.1, 0.15) is 16.8 Å². The van der Waals surface area contributed by atoms with Crippen molar-refractivity contribution in [2.24, 2.45) is 0 Å². The highest BCUT2D eigenvalue weighted by Gasteiger charge is 2.24. The predicted molar refractivity (Wildman–Crippen MR) is 220 cm³/mol. The molecule has 0 saturated heterocycles. The van der Waals surface area contributed by atoms with E-state index < -0.39 is 0 Å².